The van der Waals surface area contributed by atoms with Crippen molar-refractivity contribution in [3.8, 4) is 11.5 Å². The number of aromatic nitrogens is 3. The summed E-state index contributed by atoms with van der Waals surface area (Å²) in [6.45, 7) is 2.49. The summed E-state index contributed by atoms with van der Waals surface area (Å²) in [5.41, 5.74) is 2.65. The van der Waals surface area contributed by atoms with E-state index in [0.29, 0.717) is 11.6 Å². The highest BCUT2D eigenvalue weighted by atomic mass is 35.5. The Morgan fingerprint density at radius 2 is 2.20 bits per heavy atom. The molecule has 0 aliphatic heterocycles. The Morgan fingerprint density at radius 3 is 2.95 bits per heavy atom. The van der Waals surface area contributed by atoms with Crippen LogP contribution < -0.4 is 5.32 Å². The molecule has 0 fully saturated rings. The van der Waals surface area contributed by atoms with Crippen molar-refractivity contribution in [2.24, 2.45) is 0 Å². The lowest BCUT2D eigenvalue weighted by atomic mass is 10.2. The Bertz CT molecular complexity index is 719. The van der Waals surface area contributed by atoms with E-state index in [2.05, 4.69) is 20.5 Å². The molecule has 0 radical (unpaired) electrons. The highest BCUT2D eigenvalue weighted by Crippen LogP contribution is 2.25. The molecular weight excluding hydrogens is 276 g/mol. The topological polar surface area (TPSA) is 66.7 Å². The van der Waals surface area contributed by atoms with Crippen molar-refractivity contribution >= 4 is 17.3 Å². The van der Waals surface area contributed by atoms with Crippen LogP contribution >= 0.6 is 11.6 Å². The predicted octanol–water partition coefficient (Wildman–Crippen LogP) is 3.64. The highest BCUT2D eigenvalue weighted by molar-refractivity contribution is 6.33. The number of anilines is 1. The van der Waals surface area contributed by atoms with E-state index in [-0.39, 0.29) is 0 Å². The first-order chi connectivity index (χ1) is 9.74. The maximum absolute atomic E-state index is 6.08. The fraction of sp³-hybridized carbons (Fsp3) is 0.143. The highest BCUT2D eigenvalue weighted by Gasteiger charge is 2.11. The van der Waals surface area contributed by atoms with Crippen molar-refractivity contribution in [3.05, 3.63) is 53.1 Å². The van der Waals surface area contributed by atoms with Crippen molar-refractivity contribution in [2.45, 2.75) is 13.5 Å². The number of halogens is 1. The largest absolute Gasteiger partial charge is 0.460 e. The van der Waals surface area contributed by atoms with Crippen molar-refractivity contribution in [3.63, 3.8) is 0 Å². The Kier molecular flexibility index (Phi) is 3.43. The van der Waals surface area contributed by atoms with E-state index in [1.165, 1.54) is 0 Å². The molecule has 20 heavy (non-hydrogen) atoms. The van der Waals surface area contributed by atoms with Gasteiger partial charge in [-0.25, -0.2) is 0 Å². The lowest BCUT2D eigenvalue weighted by Gasteiger charge is -2.07. The Hall–Kier alpha value is -2.27. The molecule has 0 aromatic carbocycles. The van der Waals surface area contributed by atoms with Gasteiger partial charge in [0, 0.05) is 18.3 Å². The quantitative estimate of drug-likeness (QED) is 0.769. The number of H-pyrrole nitrogens is 1. The van der Waals surface area contributed by atoms with E-state index in [4.69, 9.17) is 16.0 Å². The van der Waals surface area contributed by atoms with E-state index in [9.17, 15) is 0 Å². The molecule has 3 rings (SSSR count). The second kappa shape index (κ2) is 5.38. The van der Waals surface area contributed by atoms with Crippen molar-refractivity contribution < 1.29 is 4.42 Å². The number of furan rings is 1. The molecule has 0 saturated carbocycles. The zero-order chi connectivity index (χ0) is 13.9. The monoisotopic (exact) mass is 288 g/mol. The van der Waals surface area contributed by atoms with Gasteiger partial charge in [-0.05, 0) is 25.1 Å². The average Bonchev–Trinajstić information content (AvgIpc) is 3.06. The standard InChI is InChI=1S/C14H13ClN4O/c1-9-2-3-13(20-9)14-10(7-18-19-14)6-17-12-8-16-5-4-11(12)15/h2-5,7-8,17H,6H2,1H3,(H,18,19). The number of aryl methyl sites for hydroxylation is 1. The molecule has 102 valence electrons. The van der Waals surface area contributed by atoms with E-state index in [1.807, 2.05) is 19.1 Å². The summed E-state index contributed by atoms with van der Waals surface area (Å²) in [4.78, 5) is 4.04. The van der Waals surface area contributed by atoms with Gasteiger partial charge in [0.15, 0.2) is 5.76 Å². The van der Waals surface area contributed by atoms with Gasteiger partial charge >= 0.3 is 0 Å². The molecule has 0 saturated heterocycles. The Morgan fingerprint density at radius 1 is 1.30 bits per heavy atom. The molecule has 0 spiro atoms. The van der Waals surface area contributed by atoms with Gasteiger partial charge in [0.1, 0.15) is 11.5 Å². The van der Waals surface area contributed by atoms with Gasteiger partial charge in [0.2, 0.25) is 0 Å². The van der Waals surface area contributed by atoms with Crippen LogP contribution in [0, 0.1) is 6.92 Å². The summed E-state index contributed by atoms with van der Waals surface area (Å²) in [6, 6.07) is 5.59. The molecule has 3 aromatic rings. The fourth-order valence-electron chi connectivity index (χ4n) is 1.93. The Balaban J connectivity index is 1.79. The number of pyridine rings is 1. The summed E-state index contributed by atoms with van der Waals surface area (Å²) in [5, 5.41) is 10.9. The number of nitrogens with one attached hydrogen (secondary N) is 2. The minimum absolute atomic E-state index is 0.580. The minimum atomic E-state index is 0.580. The molecular formula is C14H13ClN4O. The van der Waals surface area contributed by atoms with Crippen LogP contribution in [0.5, 0.6) is 0 Å². The van der Waals surface area contributed by atoms with Crippen LogP contribution in [0.3, 0.4) is 0 Å². The summed E-state index contributed by atoms with van der Waals surface area (Å²) >= 11 is 6.08. The SMILES string of the molecule is Cc1ccc(-c2[nH]ncc2CNc2cnccc2Cl)o1. The molecule has 0 atom stereocenters. The molecule has 3 aromatic heterocycles. The summed E-state index contributed by atoms with van der Waals surface area (Å²) in [7, 11) is 0. The first kappa shape index (κ1) is 12.7. The fourth-order valence-corrected chi connectivity index (χ4v) is 2.10. The van der Waals surface area contributed by atoms with Gasteiger partial charge in [-0.2, -0.15) is 5.10 Å². The zero-order valence-electron chi connectivity index (χ0n) is 10.9. The van der Waals surface area contributed by atoms with Gasteiger partial charge in [-0.3, -0.25) is 10.1 Å². The van der Waals surface area contributed by atoms with Gasteiger partial charge in [0.25, 0.3) is 0 Å². The van der Waals surface area contributed by atoms with Crippen LogP contribution in [-0.2, 0) is 6.54 Å². The van der Waals surface area contributed by atoms with Crippen LogP contribution in [0.2, 0.25) is 5.02 Å². The van der Waals surface area contributed by atoms with E-state index in [0.717, 1.165) is 28.5 Å². The van der Waals surface area contributed by atoms with Crippen LogP contribution in [0.15, 0.2) is 41.2 Å². The smallest absolute Gasteiger partial charge is 0.152 e. The zero-order valence-corrected chi connectivity index (χ0v) is 11.6. The number of rotatable bonds is 4. The summed E-state index contributed by atoms with van der Waals surface area (Å²) in [5.74, 6) is 1.64. The van der Waals surface area contributed by atoms with Gasteiger partial charge in [-0.15, -0.1) is 0 Å². The Labute approximate surface area is 121 Å². The number of hydrogen-bond donors (Lipinski definition) is 2. The molecule has 6 heteroatoms. The van der Waals surface area contributed by atoms with Crippen molar-refractivity contribution in [1.82, 2.24) is 15.2 Å². The van der Waals surface area contributed by atoms with Gasteiger partial charge in [-0.1, -0.05) is 11.6 Å². The third kappa shape index (κ3) is 2.53. The molecule has 5 nitrogen and oxygen atoms in total. The van der Waals surface area contributed by atoms with Crippen LogP contribution in [-0.4, -0.2) is 15.2 Å². The maximum atomic E-state index is 6.08. The number of hydrogen-bond acceptors (Lipinski definition) is 4. The number of aromatic amines is 1. The summed E-state index contributed by atoms with van der Waals surface area (Å²) in [6.07, 6.45) is 5.12. The first-order valence-electron chi connectivity index (χ1n) is 6.16. The predicted molar refractivity (Wildman–Crippen MR) is 77.6 cm³/mol. The molecule has 0 amide bonds. The molecule has 0 bridgehead atoms. The normalized spacial score (nSPS) is 10.7. The van der Waals surface area contributed by atoms with E-state index >= 15 is 0 Å². The lowest BCUT2D eigenvalue weighted by molar-refractivity contribution is 0.545. The van der Waals surface area contributed by atoms with E-state index < -0.39 is 0 Å². The molecule has 2 N–H and O–H groups in total. The molecule has 0 unspecified atom stereocenters. The third-order valence-electron chi connectivity index (χ3n) is 2.94. The maximum Gasteiger partial charge on any atom is 0.152 e. The average molecular weight is 289 g/mol. The number of nitrogens with zero attached hydrogens (tertiary/aromatic N) is 2. The van der Waals surface area contributed by atoms with Gasteiger partial charge in [0.05, 0.1) is 23.1 Å². The van der Waals surface area contributed by atoms with Crippen molar-refractivity contribution in [2.75, 3.05) is 5.32 Å². The third-order valence-corrected chi connectivity index (χ3v) is 3.27. The van der Waals surface area contributed by atoms with E-state index in [1.54, 1.807) is 24.7 Å². The second-order valence-electron chi connectivity index (χ2n) is 4.39. The van der Waals surface area contributed by atoms with Gasteiger partial charge < -0.3 is 9.73 Å². The van der Waals surface area contributed by atoms with Crippen LogP contribution in [0.1, 0.15) is 11.3 Å². The second-order valence-corrected chi connectivity index (χ2v) is 4.80. The van der Waals surface area contributed by atoms with Crippen LogP contribution in [0.4, 0.5) is 5.69 Å². The molecule has 0 aliphatic carbocycles. The molecule has 3 heterocycles. The lowest BCUT2D eigenvalue weighted by Crippen LogP contribution is -2.00. The minimum Gasteiger partial charge on any atom is -0.460 e. The molecule has 0 aliphatic rings. The van der Waals surface area contributed by atoms with Crippen molar-refractivity contribution in [1.29, 1.82) is 0 Å². The first-order valence-corrected chi connectivity index (χ1v) is 6.54. The summed E-state index contributed by atoms with van der Waals surface area (Å²) < 4.78 is 5.61. The van der Waals surface area contributed by atoms with Crippen LogP contribution in [0.25, 0.3) is 11.5 Å².